The second kappa shape index (κ2) is 3.88. The van der Waals surface area contributed by atoms with Crippen LogP contribution >= 0.6 is 0 Å². The van der Waals surface area contributed by atoms with E-state index in [0.29, 0.717) is 18.4 Å². The van der Waals surface area contributed by atoms with Gasteiger partial charge in [0.1, 0.15) is 11.5 Å². The summed E-state index contributed by atoms with van der Waals surface area (Å²) in [7, 11) is 0. The number of aliphatic hydroxyl groups excluding tert-OH is 1. The summed E-state index contributed by atoms with van der Waals surface area (Å²) in [5.74, 6) is 0.653. The predicted molar refractivity (Wildman–Crippen MR) is 79.4 cm³/mol. The van der Waals surface area contributed by atoms with E-state index in [1.807, 2.05) is 6.92 Å². The molecule has 0 fully saturated rings. The molecule has 0 saturated carbocycles. The van der Waals surface area contributed by atoms with Crippen molar-refractivity contribution in [1.82, 2.24) is 0 Å². The first-order chi connectivity index (χ1) is 10.0. The molecule has 0 aromatic heterocycles. The van der Waals surface area contributed by atoms with Crippen molar-refractivity contribution in [3.63, 3.8) is 0 Å². The summed E-state index contributed by atoms with van der Waals surface area (Å²) >= 11 is 0. The molecule has 106 valence electrons. The second-order valence-corrected chi connectivity index (χ2v) is 6.21. The SMILES string of the molecule is CC1c2cc(O)ccc2C(=O)C12C=C1CC=C(O)C=C1C2. The Morgan fingerprint density at radius 3 is 2.86 bits per heavy atom. The Bertz CT molecular complexity index is 767. The van der Waals surface area contributed by atoms with Crippen molar-refractivity contribution < 1.29 is 15.0 Å². The van der Waals surface area contributed by atoms with Gasteiger partial charge >= 0.3 is 0 Å². The Morgan fingerprint density at radius 1 is 1.24 bits per heavy atom. The molecule has 0 radical (unpaired) electrons. The molecule has 1 aromatic rings. The van der Waals surface area contributed by atoms with Gasteiger partial charge in [-0.3, -0.25) is 4.79 Å². The smallest absolute Gasteiger partial charge is 0.174 e. The van der Waals surface area contributed by atoms with Gasteiger partial charge in [0.05, 0.1) is 5.41 Å². The van der Waals surface area contributed by atoms with Crippen LogP contribution in [0.3, 0.4) is 0 Å². The number of carbonyl (C=O) groups excluding carboxylic acids is 1. The van der Waals surface area contributed by atoms with Gasteiger partial charge in [-0.1, -0.05) is 13.0 Å². The van der Waals surface area contributed by atoms with Crippen molar-refractivity contribution in [1.29, 1.82) is 0 Å². The number of fused-ring (bicyclic) bond motifs is 2. The number of allylic oxidation sites excluding steroid dienone is 5. The zero-order valence-electron chi connectivity index (χ0n) is 11.8. The van der Waals surface area contributed by atoms with Crippen molar-refractivity contribution in [3.05, 3.63) is 64.5 Å². The fourth-order valence-corrected chi connectivity index (χ4v) is 3.93. The summed E-state index contributed by atoms with van der Waals surface area (Å²) in [6, 6.07) is 5.00. The first kappa shape index (κ1) is 12.5. The molecule has 0 saturated heterocycles. The lowest BCUT2D eigenvalue weighted by Gasteiger charge is -2.25. The van der Waals surface area contributed by atoms with Gasteiger partial charge in [0.25, 0.3) is 0 Å². The van der Waals surface area contributed by atoms with Gasteiger partial charge in [-0.15, -0.1) is 0 Å². The van der Waals surface area contributed by atoms with Crippen molar-refractivity contribution >= 4 is 5.78 Å². The molecule has 0 heterocycles. The van der Waals surface area contributed by atoms with Crippen LogP contribution in [0.4, 0.5) is 0 Å². The van der Waals surface area contributed by atoms with Crippen LogP contribution in [0.1, 0.15) is 41.6 Å². The molecule has 0 aliphatic heterocycles. The summed E-state index contributed by atoms with van der Waals surface area (Å²) in [6.07, 6.45) is 6.95. The van der Waals surface area contributed by atoms with E-state index in [2.05, 4.69) is 6.08 Å². The van der Waals surface area contributed by atoms with Crippen molar-refractivity contribution in [2.24, 2.45) is 5.41 Å². The molecule has 1 spiro atoms. The molecule has 4 rings (SSSR count). The Labute approximate surface area is 122 Å². The predicted octanol–water partition coefficient (Wildman–Crippen LogP) is 3.78. The first-order valence-corrected chi connectivity index (χ1v) is 7.21. The van der Waals surface area contributed by atoms with E-state index in [9.17, 15) is 15.0 Å². The minimum absolute atomic E-state index is 0.0354. The third kappa shape index (κ3) is 1.52. The van der Waals surface area contributed by atoms with Gasteiger partial charge < -0.3 is 10.2 Å². The zero-order chi connectivity index (χ0) is 14.8. The average Bonchev–Trinajstić information content (AvgIpc) is 2.92. The number of aliphatic hydroxyl groups is 1. The van der Waals surface area contributed by atoms with Gasteiger partial charge in [0.15, 0.2) is 5.78 Å². The van der Waals surface area contributed by atoms with Crippen LogP contribution in [-0.4, -0.2) is 16.0 Å². The zero-order valence-corrected chi connectivity index (χ0v) is 11.8. The average molecular weight is 280 g/mol. The fourth-order valence-electron chi connectivity index (χ4n) is 3.93. The van der Waals surface area contributed by atoms with Crippen LogP contribution in [-0.2, 0) is 0 Å². The number of benzene rings is 1. The Kier molecular flexibility index (Phi) is 2.30. The second-order valence-electron chi connectivity index (χ2n) is 6.21. The highest BCUT2D eigenvalue weighted by molar-refractivity contribution is 6.08. The highest BCUT2D eigenvalue weighted by Crippen LogP contribution is 2.57. The molecule has 21 heavy (non-hydrogen) atoms. The molecule has 3 aliphatic rings. The molecule has 3 nitrogen and oxygen atoms in total. The van der Waals surface area contributed by atoms with Crippen molar-refractivity contribution in [2.75, 3.05) is 0 Å². The molecule has 3 aliphatic carbocycles. The summed E-state index contributed by atoms with van der Waals surface area (Å²) in [5.41, 5.74) is 3.30. The van der Waals surface area contributed by atoms with Crippen LogP contribution < -0.4 is 0 Å². The monoisotopic (exact) mass is 280 g/mol. The number of carbonyl (C=O) groups is 1. The van der Waals surface area contributed by atoms with Gasteiger partial charge in [-0.25, -0.2) is 0 Å². The third-order valence-electron chi connectivity index (χ3n) is 5.12. The number of ketones is 1. The highest BCUT2D eigenvalue weighted by Gasteiger charge is 2.52. The standard InChI is InChI=1S/C18H16O3/c1-10-16-7-14(20)4-5-15(16)17(21)18(10)8-11-2-3-13(19)6-12(11)9-18/h3-8,10,19-20H,2,9H2,1H3. The number of aromatic hydroxyl groups is 1. The maximum atomic E-state index is 12.9. The molecular formula is C18H16O3. The van der Waals surface area contributed by atoms with Crippen LogP contribution in [0.5, 0.6) is 5.75 Å². The number of hydrogen-bond acceptors (Lipinski definition) is 3. The Morgan fingerprint density at radius 2 is 2.05 bits per heavy atom. The number of Topliss-reactive ketones (excluding diaryl/α,β-unsaturated/α-hetero) is 1. The minimum Gasteiger partial charge on any atom is -0.508 e. The van der Waals surface area contributed by atoms with Crippen LogP contribution in [0, 0.1) is 5.41 Å². The molecular weight excluding hydrogens is 264 g/mol. The van der Waals surface area contributed by atoms with E-state index >= 15 is 0 Å². The van der Waals surface area contributed by atoms with Crippen LogP contribution in [0.2, 0.25) is 0 Å². The number of rotatable bonds is 0. The van der Waals surface area contributed by atoms with E-state index in [1.54, 1.807) is 30.4 Å². The molecule has 3 heteroatoms. The van der Waals surface area contributed by atoms with Gasteiger partial charge in [-0.2, -0.15) is 0 Å². The summed E-state index contributed by atoms with van der Waals surface area (Å²) in [5, 5.41) is 19.4. The van der Waals surface area contributed by atoms with Crippen LogP contribution in [0.15, 0.2) is 53.3 Å². The van der Waals surface area contributed by atoms with Gasteiger partial charge in [0.2, 0.25) is 0 Å². The van der Waals surface area contributed by atoms with Crippen LogP contribution in [0.25, 0.3) is 0 Å². The maximum absolute atomic E-state index is 12.9. The van der Waals surface area contributed by atoms with E-state index in [0.717, 1.165) is 16.7 Å². The molecule has 2 atom stereocenters. The van der Waals surface area contributed by atoms with Crippen molar-refractivity contribution in [2.45, 2.75) is 25.7 Å². The van der Waals surface area contributed by atoms with Gasteiger partial charge in [-0.05, 0) is 65.8 Å². The lowest BCUT2D eigenvalue weighted by molar-refractivity contribution is 0.0861. The minimum atomic E-state index is -0.546. The van der Waals surface area contributed by atoms with E-state index in [4.69, 9.17) is 0 Å². The highest BCUT2D eigenvalue weighted by atomic mass is 16.3. The lowest BCUT2D eigenvalue weighted by atomic mass is 9.75. The lowest BCUT2D eigenvalue weighted by Crippen LogP contribution is -2.26. The number of phenols is 1. The first-order valence-electron chi connectivity index (χ1n) is 7.21. The number of phenolic OH excluding ortho intramolecular Hbond substituents is 1. The van der Waals surface area contributed by atoms with Gasteiger partial charge in [0, 0.05) is 5.56 Å². The van der Waals surface area contributed by atoms with E-state index < -0.39 is 5.41 Å². The molecule has 2 unspecified atom stereocenters. The fraction of sp³-hybridized carbons (Fsp3) is 0.278. The molecule has 1 aromatic carbocycles. The third-order valence-corrected chi connectivity index (χ3v) is 5.12. The molecule has 0 amide bonds. The summed E-state index contributed by atoms with van der Waals surface area (Å²) in [6.45, 7) is 2.05. The Balaban J connectivity index is 1.84. The molecule has 0 bridgehead atoms. The van der Waals surface area contributed by atoms with E-state index in [-0.39, 0.29) is 23.2 Å². The quantitative estimate of drug-likeness (QED) is 0.760. The number of hydrogen-bond donors (Lipinski definition) is 2. The maximum Gasteiger partial charge on any atom is 0.174 e. The Hall–Kier alpha value is -2.29. The molecule has 2 N–H and O–H groups in total. The summed E-state index contributed by atoms with van der Waals surface area (Å²) < 4.78 is 0. The topological polar surface area (TPSA) is 57.5 Å². The normalized spacial score (nSPS) is 29.9. The van der Waals surface area contributed by atoms with E-state index in [1.165, 1.54) is 0 Å². The van der Waals surface area contributed by atoms with Crippen molar-refractivity contribution in [3.8, 4) is 5.75 Å². The largest absolute Gasteiger partial charge is 0.508 e. The summed E-state index contributed by atoms with van der Waals surface area (Å²) in [4.78, 5) is 12.9.